The van der Waals surface area contributed by atoms with Crippen LogP contribution in [-0.4, -0.2) is 38.0 Å². The van der Waals surface area contributed by atoms with E-state index in [1.54, 1.807) is 0 Å². The van der Waals surface area contributed by atoms with Crippen molar-refractivity contribution < 1.29 is 19.3 Å². The highest BCUT2D eigenvalue weighted by atomic mass is 16.9. The highest BCUT2D eigenvalue weighted by Gasteiger charge is 2.24. The summed E-state index contributed by atoms with van der Waals surface area (Å²) < 4.78 is 14.6. The van der Waals surface area contributed by atoms with Gasteiger partial charge in [-0.3, -0.25) is 0 Å². The van der Waals surface area contributed by atoms with Gasteiger partial charge in [0.05, 0.1) is 13.2 Å². The molecule has 1 saturated heterocycles. The zero-order valence-corrected chi connectivity index (χ0v) is 5.24. The highest BCUT2D eigenvalue weighted by Crippen LogP contribution is 2.10. The van der Waals surface area contributed by atoms with Gasteiger partial charge in [-0.15, -0.1) is 0 Å². The average Bonchev–Trinajstić information content (AvgIpc) is 2.34. The Morgan fingerprint density at radius 1 is 1.78 bits per heavy atom. The van der Waals surface area contributed by atoms with Gasteiger partial charge in [-0.2, -0.15) is 0 Å². The van der Waals surface area contributed by atoms with E-state index < -0.39 is 6.48 Å². The summed E-state index contributed by atoms with van der Waals surface area (Å²) in [5.74, 6) is 0. The maximum Gasteiger partial charge on any atom is 0.271 e. The van der Waals surface area contributed by atoms with Gasteiger partial charge in [0, 0.05) is 7.11 Å². The molecule has 0 aromatic rings. The van der Waals surface area contributed by atoms with Crippen LogP contribution in [0.2, 0.25) is 0 Å². The third-order valence-corrected chi connectivity index (χ3v) is 1.12. The Labute approximate surface area is 53.3 Å². The Bertz CT molecular complexity index is 75.0. The van der Waals surface area contributed by atoms with E-state index in [1.807, 2.05) is 0 Å². The van der Waals surface area contributed by atoms with Gasteiger partial charge in [0.1, 0.15) is 6.10 Å². The summed E-state index contributed by atoms with van der Waals surface area (Å²) in [6.45, 7) is -0.184. The first kappa shape index (κ1) is 6.95. The summed E-state index contributed by atoms with van der Waals surface area (Å²) >= 11 is 0. The van der Waals surface area contributed by atoms with Gasteiger partial charge in [-0.05, 0) is 0 Å². The van der Waals surface area contributed by atoms with Crippen LogP contribution in [0.25, 0.3) is 0 Å². The second kappa shape index (κ2) is 3.12. The van der Waals surface area contributed by atoms with Crippen LogP contribution in [-0.2, 0) is 14.2 Å². The summed E-state index contributed by atoms with van der Waals surface area (Å²) in [4.78, 5) is 0. The summed E-state index contributed by atoms with van der Waals surface area (Å²) in [6.07, 6.45) is -0.213. The summed E-state index contributed by atoms with van der Waals surface area (Å²) in [6, 6.07) is 0. The zero-order valence-electron chi connectivity index (χ0n) is 5.24. The topological polar surface area (TPSA) is 47.9 Å². The molecule has 9 heavy (non-hydrogen) atoms. The normalized spacial score (nSPS) is 35.3. The number of methoxy groups -OCH3 is 1. The molecule has 54 valence electrons. The monoisotopic (exact) mass is 134 g/mol. The Morgan fingerprint density at radius 2 is 2.56 bits per heavy atom. The molecule has 1 N–H and O–H groups in total. The number of aliphatic hydroxyl groups is 1. The van der Waals surface area contributed by atoms with Crippen molar-refractivity contribution in [3.63, 3.8) is 0 Å². The van der Waals surface area contributed by atoms with Crippen LogP contribution in [0.5, 0.6) is 0 Å². The van der Waals surface area contributed by atoms with Gasteiger partial charge >= 0.3 is 0 Å². The summed E-state index contributed by atoms with van der Waals surface area (Å²) in [5.41, 5.74) is 0. The van der Waals surface area contributed by atoms with Gasteiger partial charge in [0.15, 0.2) is 0 Å². The molecule has 2 atom stereocenters. The van der Waals surface area contributed by atoms with E-state index in [1.165, 1.54) is 7.11 Å². The lowest BCUT2D eigenvalue weighted by molar-refractivity contribution is -0.224. The Hall–Kier alpha value is -0.160. The molecule has 4 nitrogen and oxygen atoms in total. The lowest BCUT2D eigenvalue weighted by Crippen LogP contribution is -2.16. The van der Waals surface area contributed by atoms with E-state index in [2.05, 4.69) is 4.74 Å². The molecule has 1 fully saturated rings. The molecule has 2 unspecified atom stereocenters. The average molecular weight is 134 g/mol. The van der Waals surface area contributed by atoms with Crippen LogP contribution in [0.4, 0.5) is 0 Å². The van der Waals surface area contributed by atoms with E-state index in [4.69, 9.17) is 14.6 Å². The second-order valence-electron chi connectivity index (χ2n) is 1.80. The van der Waals surface area contributed by atoms with Gasteiger partial charge in [0.25, 0.3) is 6.48 Å². The van der Waals surface area contributed by atoms with E-state index in [0.717, 1.165) is 0 Å². The van der Waals surface area contributed by atoms with Crippen LogP contribution >= 0.6 is 0 Å². The third-order valence-electron chi connectivity index (χ3n) is 1.12. The van der Waals surface area contributed by atoms with Crippen LogP contribution in [0, 0.1) is 0 Å². The first-order valence-corrected chi connectivity index (χ1v) is 2.77. The number of ether oxygens (including phenoxy) is 3. The molecule has 0 radical (unpaired) electrons. The van der Waals surface area contributed by atoms with Crippen molar-refractivity contribution in [2.24, 2.45) is 0 Å². The van der Waals surface area contributed by atoms with Gasteiger partial charge in [-0.1, -0.05) is 0 Å². The lowest BCUT2D eigenvalue weighted by atomic mass is 10.4. The fraction of sp³-hybridized carbons (Fsp3) is 1.00. The number of aliphatic hydroxyl groups excluding tert-OH is 1. The molecule has 0 aliphatic carbocycles. The maximum atomic E-state index is 8.52. The van der Waals surface area contributed by atoms with Gasteiger partial charge in [-0.25, -0.2) is 0 Å². The quantitative estimate of drug-likeness (QED) is 0.543. The van der Waals surface area contributed by atoms with E-state index in [-0.39, 0.29) is 12.7 Å². The molecule has 1 heterocycles. The fourth-order valence-electron chi connectivity index (χ4n) is 0.641. The minimum Gasteiger partial charge on any atom is -0.394 e. The molecular weight excluding hydrogens is 124 g/mol. The SMILES string of the molecule is COC1OCC(CO)O1. The van der Waals surface area contributed by atoms with Crippen molar-refractivity contribution in [3.05, 3.63) is 0 Å². The van der Waals surface area contributed by atoms with Crippen LogP contribution in [0.15, 0.2) is 0 Å². The van der Waals surface area contributed by atoms with Crippen LogP contribution in [0.3, 0.4) is 0 Å². The van der Waals surface area contributed by atoms with E-state index >= 15 is 0 Å². The predicted octanol–water partition coefficient (Wildman–Crippen LogP) is -0.676. The highest BCUT2D eigenvalue weighted by molar-refractivity contribution is 4.58. The summed E-state index contributed by atoms with van der Waals surface area (Å²) in [7, 11) is 1.49. The van der Waals surface area contributed by atoms with Crippen molar-refractivity contribution >= 4 is 0 Å². The van der Waals surface area contributed by atoms with E-state index in [9.17, 15) is 0 Å². The molecule has 0 spiro atoms. The molecule has 0 aromatic carbocycles. The molecule has 0 saturated carbocycles. The maximum absolute atomic E-state index is 8.52. The van der Waals surface area contributed by atoms with Crippen molar-refractivity contribution in [3.8, 4) is 0 Å². The molecular formula is C5H10O4. The van der Waals surface area contributed by atoms with Crippen molar-refractivity contribution in [1.29, 1.82) is 0 Å². The lowest BCUT2D eigenvalue weighted by Gasteiger charge is -2.05. The Morgan fingerprint density at radius 3 is 2.89 bits per heavy atom. The molecule has 0 amide bonds. The largest absolute Gasteiger partial charge is 0.394 e. The zero-order chi connectivity index (χ0) is 6.69. The van der Waals surface area contributed by atoms with Gasteiger partial charge < -0.3 is 19.3 Å². The van der Waals surface area contributed by atoms with Crippen molar-refractivity contribution in [2.75, 3.05) is 20.3 Å². The number of hydrogen-bond donors (Lipinski definition) is 1. The van der Waals surface area contributed by atoms with Gasteiger partial charge in [0.2, 0.25) is 0 Å². The van der Waals surface area contributed by atoms with Crippen molar-refractivity contribution in [2.45, 2.75) is 12.6 Å². The predicted molar refractivity (Wildman–Crippen MR) is 28.7 cm³/mol. The smallest absolute Gasteiger partial charge is 0.271 e. The Kier molecular flexibility index (Phi) is 2.41. The number of rotatable bonds is 2. The molecule has 4 heteroatoms. The van der Waals surface area contributed by atoms with Crippen molar-refractivity contribution in [1.82, 2.24) is 0 Å². The number of hydrogen-bond acceptors (Lipinski definition) is 4. The fourth-order valence-corrected chi connectivity index (χ4v) is 0.641. The molecule has 0 bridgehead atoms. The minimum atomic E-state index is -0.581. The molecule has 1 aliphatic rings. The minimum absolute atomic E-state index is 0.0140. The molecule has 1 rings (SSSR count). The standard InChI is InChI=1S/C5H10O4/c1-7-5-8-3-4(2-6)9-5/h4-6H,2-3H2,1H3. The molecule has 0 aromatic heterocycles. The first-order valence-electron chi connectivity index (χ1n) is 2.77. The molecule has 1 aliphatic heterocycles. The van der Waals surface area contributed by atoms with E-state index in [0.29, 0.717) is 6.61 Å². The van der Waals surface area contributed by atoms with Crippen LogP contribution in [0.1, 0.15) is 0 Å². The first-order chi connectivity index (χ1) is 4.36. The summed E-state index contributed by atoms with van der Waals surface area (Å²) in [5, 5.41) is 8.52. The van der Waals surface area contributed by atoms with Crippen LogP contribution < -0.4 is 0 Å². The second-order valence-corrected chi connectivity index (χ2v) is 1.80. The third kappa shape index (κ3) is 1.62. The Balaban J connectivity index is 2.20.